The predicted octanol–water partition coefficient (Wildman–Crippen LogP) is -8.68. The number of tetrazole rings is 4. The van der Waals surface area contributed by atoms with E-state index in [-0.39, 0.29) is 0 Å². The summed E-state index contributed by atoms with van der Waals surface area (Å²) in [6.07, 6.45) is 0. The van der Waals surface area contributed by atoms with Crippen molar-refractivity contribution in [1.82, 2.24) is 76.8 Å². The van der Waals surface area contributed by atoms with E-state index in [2.05, 4.69) is 61.6 Å². The molecule has 0 fully saturated rings. The maximum atomic E-state index is 11.8. The molecular weight excluding hydrogens is 899 g/mol. The zero-order valence-electron chi connectivity index (χ0n) is 26.9. The largest absolute Gasteiger partial charge is 0.842 e. The average Bonchev–Trinajstić information content (AvgIpc) is 3.95. The summed E-state index contributed by atoms with van der Waals surface area (Å²) in [7, 11) is 0. The van der Waals surface area contributed by atoms with Gasteiger partial charge < -0.3 is 15.1 Å². The molecule has 0 bridgehead atoms. The molecule has 0 saturated carbocycles. The van der Waals surface area contributed by atoms with Gasteiger partial charge in [0.15, 0.2) is 59.1 Å². The van der Waals surface area contributed by atoms with Crippen molar-refractivity contribution in [3.8, 4) is 0 Å². The van der Waals surface area contributed by atoms with Gasteiger partial charge in [0.2, 0.25) is 0 Å². The fourth-order valence-corrected chi connectivity index (χ4v) is 7.29. The minimum Gasteiger partial charge on any atom is -0.311 e. The van der Waals surface area contributed by atoms with E-state index in [0.29, 0.717) is 0 Å². The second-order valence-corrected chi connectivity index (χ2v) is 13.3. The van der Waals surface area contributed by atoms with E-state index in [4.69, 9.17) is 0 Å². The molecule has 0 aliphatic carbocycles. The molecular formula is C8AlN28O24-. The lowest BCUT2D eigenvalue weighted by atomic mass is 10.3. The summed E-state index contributed by atoms with van der Waals surface area (Å²) < 4.78 is -3.22. The van der Waals surface area contributed by atoms with Gasteiger partial charge in [-0.2, -0.15) is 20.4 Å². The quantitative estimate of drug-likeness (QED) is 0.0344. The monoisotopic (exact) mass is 899 g/mol. The molecule has 0 atom stereocenters. The van der Waals surface area contributed by atoms with Gasteiger partial charge in [0.25, 0.3) is 0 Å². The Hall–Kier alpha value is -10.4. The van der Waals surface area contributed by atoms with Crippen LogP contribution < -0.4 is 0 Å². The molecule has 0 radical (unpaired) electrons. The van der Waals surface area contributed by atoms with Gasteiger partial charge >= 0.3 is 60.4 Å². The van der Waals surface area contributed by atoms with Crippen molar-refractivity contribution in [2.75, 3.05) is 0 Å². The molecule has 0 unspecified atom stereocenters. The van der Waals surface area contributed by atoms with E-state index < -0.39 is 135 Å². The van der Waals surface area contributed by atoms with Gasteiger partial charge in [0, 0.05) is 0 Å². The van der Waals surface area contributed by atoms with Crippen molar-refractivity contribution in [3.63, 3.8) is 0 Å². The maximum Gasteiger partial charge on any atom is 0.842 e. The number of rotatable bonds is 20. The van der Waals surface area contributed by atoms with Crippen LogP contribution in [0.2, 0.25) is 0 Å². The van der Waals surface area contributed by atoms with Crippen LogP contribution in [0.5, 0.6) is 0 Å². The van der Waals surface area contributed by atoms with Gasteiger partial charge in [-0.05, 0) is 0 Å². The zero-order chi connectivity index (χ0) is 46.5. The molecule has 52 nitrogen and oxygen atoms in total. The first-order valence-corrected chi connectivity index (χ1v) is 15.4. The van der Waals surface area contributed by atoms with Crippen LogP contribution in [0.15, 0.2) is 0 Å². The first-order valence-electron chi connectivity index (χ1n) is 13.3. The summed E-state index contributed by atoms with van der Waals surface area (Å²) >= 11 is -7.58. The minimum absolute atomic E-state index is 0.805. The SMILES string of the molecule is O=[N+]([O-])C(c1nn[n]([Al-]([n]2nnc(C([N+](=O)[O-])([N+](=O)[O-])[N+](=O)[O-])n2)([n]2nnc(C([N+](=O)[O-])([N+](=O)[O-])[N+](=O)[O-])n2)[n]2nnc(C([N+](=O)[O-])([N+](=O)[O-])[N+](=O)[O-])n2)n1)([N+](=O)[O-])[N+](=O)[O-]. The fourth-order valence-electron chi connectivity index (χ4n) is 4.36. The lowest BCUT2D eigenvalue weighted by Crippen LogP contribution is -2.69. The third kappa shape index (κ3) is 5.30. The Morgan fingerprint density at radius 3 is 0.541 bits per heavy atom. The number of nitrogens with zero attached hydrogens (tertiary/aromatic N) is 28. The Kier molecular flexibility index (Phi) is 9.93. The third-order valence-electron chi connectivity index (χ3n) is 7.21. The van der Waals surface area contributed by atoms with Crippen molar-refractivity contribution in [2.24, 2.45) is 0 Å². The van der Waals surface area contributed by atoms with E-state index >= 15 is 0 Å². The van der Waals surface area contributed by atoms with Gasteiger partial charge in [-0.15, -0.1) is 0 Å². The fraction of sp³-hybridized carbons (Fsp3) is 0.500. The normalized spacial score (nSPS) is 12.2. The summed E-state index contributed by atoms with van der Waals surface area (Å²) in [5, 5.41) is 176. The molecule has 4 rings (SSSR count). The summed E-state index contributed by atoms with van der Waals surface area (Å²) in [6, 6.07) is 0. The molecule has 0 spiro atoms. The molecule has 4 heterocycles. The number of hydrogen-bond acceptors (Lipinski definition) is 36. The summed E-state index contributed by atoms with van der Waals surface area (Å²) in [6.45, 7) is 0. The first-order chi connectivity index (χ1) is 28.2. The van der Waals surface area contributed by atoms with E-state index in [1.54, 1.807) is 0 Å². The van der Waals surface area contributed by atoms with Crippen LogP contribution in [-0.2, 0) is 23.1 Å². The molecule has 53 heteroatoms. The summed E-state index contributed by atoms with van der Waals surface area (Å²) in [4.78, 5) is 113. The lowest BCUT2D eigenvalue weighted by molar-refractivity contribution is -0.987. The van der Waals surface area contributed by atoms with Crippen molar-refractivity contribution in [1.29, 1.82) is 0 Å². The Morgan fingerprint density at radius 1 is 0.295 bits per heavy atom. The highest BCUT2D eigenvalue weighted by Gasteiger charge is 2.81. The van der Waals surface area contributed by atoms with Crippen LogP contribution in [0.3, 0.4) is 0 Å². The van der Waals surface area contributed by atoms with Gasteiger partial charge in [0.1, 0.15) is 0 Å². The molecule has 320 valence electrons. The highest BCUT2D eigenvalue weighted by molar-refractivity contribution is 6.71. The predicted molar refractivity (Wildman–Crippen MR) is 149 cm³/mol. The molecule has 61 heavy (non-hydrogen) atoms. The molecule has 0 saturated heterocycles. The molecule has 0 amide bonds. The van der Waals surface area contributed by atoms with Crippen molar-refractivity contribution >= 4 is 14.0 Å². The Bertz CT molecular complexity index is 2150. The molecule has 0 aliphatic heterocycles. The van der Waals surface area contributed by atoms with Gasteiger partial charge in [0.05, 0.1) is 0 Å². The molecule has 4 aromatic heterocycles. The van der Waals surface area contributed by atoms with Gasteiger partial charge in [-0.1, -0.05) is 41.2 Å². The molecule has 0 aliphatic rings. The Morgan fingerprint density at radius 2 is 0.426 bits per heavy atom. The zero-order valence-corrected chi connectivity index (χ0v) is 28.1. The smallest absolute Gasteiger partial charge is 0.311 e. The topological polar surface area (TPSA) is 692 Å². The van der Waals surface area contributed by atoms with E-state index in [9.17, 15) is 121 Å². The van der Waals surface area contributed by atoms with Crippen molar-refractivity contribution < 1.29 is 59.1 Å². The first kappa shape index (κ1) is 43.3. The Balaban J connectivity index is 2.42. The Labute approximate surface area is 318 Å². The highest BCUT2D eigenvalue weighted by Crippen LogP contribution is 2.29. The van der Waals surface area contributed by atoms with Crippen LogP contribution in [-0.4, -0.2) is 150 Å². The standard InChI is InChI=1S/4C2N7O6.Al/c4*10-7(11)2(8(12)13,9(14)15)1-3-5-6-4-1;/q4*-1;+3. The summed E-state index contributed by atoms with van der Waals surface area (Å²) in [5.41, 5.74) is 0. The van der Waals surface area contributed by atoms with E-state index in [1.165, 1.54) is 0 Å². The molecule has 0 aromatic carbocycles. The van der Waals surface area contributed by atoms with Gasteiger partial charge in [-0.25, -0.2) is 0 Å². The third-order valence-corrected chi connectivity index (χ3v) is 10.6. The van der Waals surface area contributed by atoms with Crippen molar-refractivity contribution in [3.05, 3.63) is 145 Å². The number of nitro groups is 12. The highest BCUT2D eigenvalue weighted by atomic mass is 27.3. The van der Waals surface area contributed by atoms with Crippen LogP contribution in [0.1, 0.15) is 23.3 Å². The average molecular weight is 899 g/mol. The number of hydrogen-bond donors (Lipinski definition) is 0. The second kappa shape index (κ2) is 14.0. The van der Waals surface area contributed by atoms with Crippen molar-refractivity contribution in [2.45, 2.75) is 23.1 Å². The number of aromatic nitrogens is 16. The van der Waals surface area contributed by atoms with Crippen LogP contribution >= 0.6 is 0 Å². The maximum absolute atomic E-state index is 11.8. The minimum atomic E-state index is -7.58. The molecule has 0 N–H and O–H groups in total. The lowest BCUT2D eigenvalue weighted by Gasteiger charge is -2.28. The molecule has 4 aromatic rings. The van der Waals surface area contributed by atoms with Crippen LogP contribution in [0.4, 0.5) is 0 Å². The summed E-state index contributed by atoms with van der Waals surface area (Å²) in [5.74, 6) is -30.1. The van der Waals surface area contributed by atoms with E-state index in [0.717, 1.165) is 0 Å². The van der Waals surface area contributed by atoms with Crippen LogP contribution in [0, 0.1) is 121 Å². The second-order valence-electron chi connectivity index (χ2n) is 10.1. The van der Waals surface area contributed by atoms with E-state index in [1.807, 2.05) is 0 Å². The van der Waals surface area contributed by atoms with Gasteiger partial charge in [-0.3, -0.25) is 121 Å². The van der Waals surface area contributed by atoms with Crippen LogP contribution in [0.25, 0.3) is 0 Å².